The minimum atomic E-state index is 0.685. The van der Waals surface area contributed by atoms with E-state index in [0.717, 1.165) is 26.0 Å². The van der Waals surface area contributed by atoms with Gasteiger partial charge in [-0.2, -0.15) is 0 Å². The van der Waals surface area contributed by atoms with Gasteiger partial charge in [0.25, 0.3) is 0 Å². The molecular weight excluding hydrogens is 336 g/mol. The Morgan fingerprint density at radius 1 is 1.38 bits per heavy atom. The van der Waals surface area contributed by atoms with Crippen LogP contribution in [0.1, 0.15) is 5.69 Å². The lowest BCUT2D eigenvalue weighted by molar-refractivity contribution is 0.570. The molecule has 1 heterocycles. The molecule has 0 spiro atoms. The number of aromatic nitrogens is 1. The van der Waals surface area contributed by atoms with Crippen molar-refractivity contribution in [1.82, 2.24) is 10.3 Å². The van der Waals surface area contributed by atoms with Crippen molar-refractivity contribution in [2.45, 2.75) is 6.54 Å². The maximum Gasteiger partial charge on any atom is 0.181 e. The van der Waals surface area contributed by atoms with Gasteiger partial charge in [0.15, 0.2) is 12.2 Å². The van der Waals surface area contributed by atoms with Crippen LogP contribution in [-0.4, -0.2) is 12.0 Å². The molecule has 16 heavy (non-hydrogen) atoms. The van der Waals surface area contributed by atoms with Gasteiger partial charge in [-0.15, -0.1) is 0 Å². The number of halogens is 2. The Labute approximate surface area is 111 Å². The van der Waals surface area contributed by atoms with Crippen LogP contribution in [0.15, 0.2) is 38.0 Å². The van der Waals surface area contributed by atoms with Crippen LogP contribution in [0.25, 0.3) is 11.3 Å². The number of nitrogens with one attached hydrogen (secondary N) is 1. The maximum absolute atomic E-state index is 5.44. The molecule has 84 valence electrons. The minimum absolute atomic E-state index is 0.685. The number of nitrogens with zero attached hydrogens (tertiary/aromatic N) is 1. The van der Waals surface area contributed by atoms with Crippen LogP contribution >= 0.6 is 31.9 Å². The zero-order valence-electron chi connectivity index (χ0n) is 8.63. The molecule has 1 aromatic carbocycles. The van der Waals surface area contributed by atoms with Crippen molar-refractivity contribution in [2.75, 3.05) is 7.05 Å². The minimum Gasteiger partial charge on any atom is -0.443 e. The largest absolute Gasteiger partial charge is 0.443 e. The summed E-state index contributed by atoms with van der Waals surface area (Å²) in [6.45, 7) is 0.685. The first-order chi connectivity index (χ1) is 7.72. The summed E-state index contributed by atoms with van der Waals surface area (Å²) in [7, 11) is 1.88. The first kappa shape index (κ1) is 11.8. The van der Waals surface area contributed by atoms with Crippen molar-refractivity contribution >= 4 is 31.9 Å². The fourth-order valence-electron chi connectivity index (χ4n) is 1.45. The molecule has 1 aromatic heterocycles. The lowest BCUT2D eigenvalue weighted by Crippen LogP contribution is -2.06. The second kappa shape index (κ2) is 5.12. The predicted octanol–water partition coefficient (Wildman–Crippen LogP) is 3.59. The third-order valence-corrected chi connectivity index (χ3v) is 3.34. The van der Waals surface area contributed by atoms with E-state index in [0.29, 0.717) is 6.54 Å². The number of rotatable bonds is 3. The third-order valence-electron chi connectivity index (χ3n) is 2.16. The molecule has 0 saturated heterocycles. The SMILES string of the molecule is CNCc1ncoc1-c1cc(Br)ccc1Br. The Hall–Kier alpha value is -0.650. The van der Waals surface area contributed by atoms with E-state index in [9.17, 15) is 0 Å². The molecule has 1 N–H and O–H groups in total. The normalized spacial score (nSPS) is 10.7. The lowest BCUT2D eigenvalue weighted by atomic mass is 10.1. The van der Waals surface area contributed by atoms with Crippen LogP contribution in [0.5, 0.6) is 0 Å². The van der Waals surface area contributed by atoms with Crippen molar-refractivity contribution < 1.29 is 4.42 Å². The predicted molar refractivity (Wildman–Crippen MR) is 70.1 cm³/mol. The molecule has 0 unspecified atom stereocenters. The molecule has 0 aliphatic rings. The lowest BCUT2D eigenvalue weighted by Gasteiger charge is -2.04. The van der Waals surface area contributed by atoms with Gasteiger partial charge in [0.1, 0.15) is 5.69 Å². The summed E-state index contributed by atoms with van der Waals surface area (Å²) >= 11 is 6.95. The van der Waals surface area contributed by atoms with Crippen molar-refractivity contribution in [1.29, 1.82) is 0 Å². The zero-order chi connectivity index (χ0) is 11.5. The molecule has 5 heteroatoms. The van der Waals surface area contributed by atoms with E-state index >= 15 is 0 Å². The van der Waals surface area contributed by atoms with E-state index < -0.39 is 0 Å². The van der Waals surface area contributed by atoms with Gasteiger partial charge in [-0.05, 0) is 25.2 Å². The fourth-order valence-corrected chi connectivity index (χ4v) is 2.24. The summed E-state index contributed by atoms with van der Waals surface area (Å²) in [5.74, 6) is 0.794. The first-order valence-electron chi connectivity index (χ1n) is 4.74. The molecule has 0 radical (unpaired) electrons. The third kappa shape index (κ3) is 2.36. The van der Waals surface area contributed by atoms with Crippen molar-refractivity contribution in [3.8, 4) is 11.3 Å². The van der Waals surface area contributed by atoms with E-state index in [1.165, 1.54) is 6.39 Å². The molecule has 3 nitrogen and oxygen atoms in total. The van der Waals surface area contributed by atoms with Crippen molar-refractivity contribution in [3.63, 3.8) is 0 Å². The average molecular weight is 346 g/mol. The summed E-state index contributed by atoms with van der Waals surface area (Å²) in [5.41, 5.74) is 1.90. The van der Waals surface area contributed by atoms with Gasteiger partial charge in [0.2, 0.25) is 0 Å². The monoisotopic (exact) mass is 344 g/mol. The fraction of sp³-hybridized carbons (Fsp3) is 0.182. The van der Waals surface area contributed by atoms with E-state index in [1.54, 1.807) is 0 Å². The highest BCUT2D eigenvalue weighted by Crippen LogP contribution is 2.32. The highest BCUT2D eigenvalue weighted by Gasteiger charge is 2.13. The quantitative estimate of drug-likeness (QED) is 0.923. The average Bonchev–Trinajstić information content (AvgIpc) is 2.70. The van der Waals surface area contributed by atoms with Gasteiger partial charge in [-0.3, -0.25) is 0 Å². The first-order valence-corrected chi connectivity index (χ1v) is 6.33. The van der Waals surface area contributed by atoms with Crippen molar-refractivity contribution in [2.24, 2.45) is 0 Å². The Morgan fingerprint density at radius 3 is 2.94 bits per heavy atom. The van der Waals surface area contributed by atoms with E-state index in [4.69, 9.17) is 4.42 Å². The second-order valence-electron chi connectivity index (χ2n) is 3.28. The molecular formula is C11H10Br2N2O. The van der Waals surface area contributed by atoms with E-state index in [1.807, 2.05) is 25.2 Å². The Morgan fingerprint density at radius 2 is 2.19 bits per heavy atom. The molecule has 0 fully saturated rings. The van der Waals surface area contributed by atoms with Crippen LogP contribution in [0.3, 0.4) is 0 Å². The second-order valence-corrected chi connectivity index (χ2v) is 5.05. The van der Waals surface area contributed by atoms with Gasteiger partial charge in [0.05, 0.1) is 0 Å². The summed E-state index contributed by atoms with van der Waals surface area (Å²) in [6, 6.07) is 5.95. The van der Waals surface area contributed by atoms with Crippen LogP contribution in [0, 0.1) is 0 Å². The molecule has 0 bridgehead atoms. The zero-order valence-corrected chi connectivity index (χ0v) is 11.8. The molecule has 0 amide bonds. The number of oxazole rings is 1. The molecule has 0 atom stereocenters. The van der Waals surface area contributed by atoms with Crippen LogP contribution in [-0.2, 0) is 6.54 Å². The number of hydrogen-bond donors (Lipinski definition) is 1. The molecule has 2 rings (SSSR count). The van der Waals surface area contributed by atoms with E-state index in [2.05, 4.69) is 42.2 Å². The topological polar surface area (TPSA) is 38.1 Å². The Balaban J connectivity index is 2.49. The molecule has 0 aliphatic carbocycles. The molecule has 2 aromatic rings. The number of benzene rings is 1. The number of hydrogen-bond acceptors (Lipinski definition) is 3. The van der Waals surface area contributed by atoms with Gasteiger partial charge in [-0.1, -0.05) is 31.9 Å². The maximum atomic E-state index is 5.44. The molecule has 0 saturated carbocycles. The van der Waals surface area contributed by atoms with Crippen LogP contribution in [0.2, 0.25) is 0 Å². The Bertz CT molecular complexity index is 496. The highest BCUT2D eigenvalue weighted by atomic mass is 79.9. The van der Waals surface area contributed by atoms with Crippen LogP contribution in [0.4, 0.5) is 0 Å². The summed E-state index contributed by atoms with van der Waals surface area (Å²) in [4.78, 5) is 4.19. The van der Waals surface area contributed by atoms with Gasteiger partial charge in [0, 0.05) is 21.1 Å². The van der Waals surface area contributed by atoms with Gasteiger partial charge < -0.3 is 9.73 Å². The summed E-state index contributed by atoms with van der Waals surface area (Å²) in [6.07, 6.45) is 1.47. The smallest absolute Gasteiger partial charge is 0.181 e. The van der Waals surface area contributed by atoms with Crippen LogP contribution < -0.4 is 5.32 Å². The highest BCUT2D eigenvalue weighted by molar-refractivity contribution is 9.11. The standard InChI is InChI=1S/C11H10Br2N2O/c1-14-5-10-11(16-6-15-10)8-4-7(12)2-3-9(8)13/h2-4,6,14H,5H2,1H3. The van der Waals surface area contributed by atoms with Gasteiger partial charge in [-0.25, -0.2) is 4.98 Å². The van der Waals surface area contributed by atoms with Crippen molar-refractivity contribution in [3.05, 3.63) is 39.2 Å². The summed E-state index contributed by atoms with van der Waals surface area (Å²) < 4.78 is 7.44. The Kier molecular flexibility index (Phi) is 3.78. The van der Waals surface area contributed by atoms with E-state index in [-0.39, 0.29) is 0 Å². The molecule has 0 aliphatic heterocycles. The van der Waals surface area contributed by atoms with Gasteiger partial charge >= 0.3 is 0 Å². The summed E-state index contributed by atoms with van der Waals surface area (Å²) in [5, 5.41) is 3.06.